The Morgan fingerprint density at radius 2 is 2.00 bits per heavy atom. The molecule has 7 heteroatoms. The molecule has 2 aromatic carbocycles. The molecule has 1 fully saturated rings. The first kappa shape index (κ1) is 21.7. The predicted octanol–water partition coefficient (Wildman–Crippen LogP) is 5.76. The van der Waals surface area contributed by atoms with E-state index in [2.05, 4.69) is 11.1 Å². The molecule has 170 valence electrons. The zero-order chi connectivity index (χ0) is 23.7. The number of alkyl halides is 1. The second-order valence-corrected chi connectivity index (χ2v) is 8.16. The minimum atomic E-state index is -0.862. The van der Waals surface area contributed by atoms with Crippen molar-refractivity contribution in [2.45, 2.75) is 19.5 Å². The highest BCUT2D eigenvalue weighted by Gasteiger charge is 2.24. The van der Waals surface area contributed by atoms with Crippen molar-refractivity contribution in [1.82, 2.24) is 4.98 Å². The summed E-state index contributed by atoms with van der Waals surface area (Å²) >= 11 is 0. The number of carbonyl (C=O) groups excluding carboxylic acids is 1. The van der Waals surface area contributed by atoms with Gasteiger partial charge in [0.2, 0.25) is 0 Å². The number of aromatic nitrogens is 1. The Kier molecular flexibility index (Phi) is 5.72. The lowest BCUT2D eigenvalue weighted by Gasteiger charge is -2.19. The summed E-state index contributed by atoms with van der Waals surface area (Å²) in [6, 6.07) is 18.6. The molecule has 4 aromatic rings. The lowest BCUT2D eigenvalue weighted by molar-refractivity contribution is 0.0526. The van der Waals surface area contributed by atoms with E-state index in [9.17, 15) is 14.4 Å². The Morgan fingerprint density at radius 1 is 1.21 bits per heavy atom. The molecular weight excluding hydrogens is 433 g/mol. The Morgan fingerprint density at radius 3 is 2.71 bits per heavy atom. The van der Waals surface area contributed by atoms with E-state index >= 15 is 0 Å². The van der Waals surface area contributed by atoms with Gasteiger partial charge in [0.25, 0.3) is 0 Å². The molecule has 1 aliphatic rings. The maximum absolute atomic E-state index is 13.7. The number of hydrogen-bond acceptors (Lipinski definition) is 6. The van der Waals surface area contributed by atoms with Gasteiger partial charge in [0.1, 0.15) is 23.5 Å². The largest absolute Gasteiger partial charge is 0.462 e. The summed E-state index contributed by atoms with van der Waals surface area (Å²) in [7, 11) is 0. The van der Waals surface area contributed by atoms with E-state index < -0.39 is 6.17 Å². The molecule has 0 unspecified atom stereocenters. The van der Waals surface area contributed by atoms with Gasteiger partial charge in [0.05, 0.1) is 23.4 Å². The van der Waals surface area contributed by atoms with Gasteiger partial charge < -0.3 is 14.1 Å². The molecular formula is C27H22FN3O3. The smallest absolute Gasteiger partial charge is 0.338 e. The number of pyridine rings is 1. The first-order valence-corrected chi connectivity index (χ1v) is 11.2. The van der Waals surface area contributed by atoms with Crippen LogP contribution in [0.25, 0.3) is 33.6 Å². The molecule has 34 heavy (non-hydrogen) atoms. The second-order valence-electron chi connectivity index (χ2n) is 8.16. The summed E-state index contributed by atoms with van der Waals surface area (Å²) in [5, 5.41) is 9.74. The summed E-state index contributed by atoms with van der Waals surface area (Å²) < 4.78 is 24.9. The van der Waals surface area contributed by atoms with Gasteiger partial charge in [-0.25, -0.2) is 9.18 Å². The van der Waals surface area contributed by atoms with Gasteiger partial charge in [-0.3, -0.25) is 4.98 Å². The van der Waals surface area contributed by atoms with Gasteiger partial charge in [-0.1, -0.05) is 18.2 Å². The van der Waals surface area contributed by atoms with E-state index in [0.29, 0.717) is 54.1 Å². The van der Waals surface area contributed by atoms with Crippen LogP contribution in [0, 0.1) is 11.3 Å². The Labute approximate surface area is 196 Å². The molecule has 0 saturated carbocycles. The highest BCUT2D eigenvalue weighted by Crippen LogP contribution is 2.36. The maximum Gasteiger partial charge on any atom is 0.338 e. The van der Waals surface area contributed by atoms with Crippen LogP contribution in [0.3, 0.4) is 0 Å². The van der Waals surface area contributed by atoms with Crippen LogP contribution in [0.5, 0.6) is 0 Å². The molecule has 1 atom stereocenters. The first-order valence-electron chi connectivity index (χ1n) is 11.2. The average Bonchev–Trinajstić information content (AvgIpc) is 3.50. The van der Waals surface area contributed by atoms with Crippen molar-refractivity contribution in [2.75, 3.05) is 24.6 Å². The van der Waals surface area contributed by atoms with Crippen molar-refractivity contribution in [3.8, 4) is 28.5 Å². The SMILES string of the molecule is CCOC(=O)c1ccc(-c2cc3nccc(-c4ccc(N5CC[C@@H](F)C5)c(C#N)c4)c3o2)cc1. The summed E-state index contributed by atoms with van der Waals surface area (Å²) in [6.45, 7) is 3.00. The minimum absolute atomic E-state index is 0.310. The van der Waals surface area contributed by atoms with Gasteiger partial charge in [0, 0.05) is 36.5 Å². The number of esters is 1. The molecule has 6 nitrogen and oxygen atoms in total. The Balaban J connectivity index is 1.50. The minimum Gasteiger partial charge on any atom is -0.462 e. The number of benzene rings is 2. The lowest BCUT2D eigenvalue weighted by atomic mass is 10.0. The molecule has 0 amide bonds. The van der Waals surface area contributed by atoms with E-state index in [1.54, 1.807) is 37.4 Å². The van der Waals surface area contributed by atoms with Crippen LogP contribution in [-0.4, -0.2) is 36.8 Å². The van der Waals surface area contributed by atoms with Crippen molar-refractivity contribution in [3.05, 3.63) is 71.9 Å². The van der Waals surface area contributed by atoms with Gasteiger partial charge >= 0.3 is 5.97 Å². The third-order valence-corrected chi connectivity index (χ3v) is 5.99. The van der Waals surface area contributed by atoms with E-state index in [0.717, 1.165) is 22.4 Å². The number of fused-ring (bicyclic) bond motifs is 1. The number of halogens is 1. The third kappa shape index (κ3) is 3.99. The number of carbonyl (C=O) groups is 1. The molecule has 0 radical (unpaired) electrons. The number of hydrogen-bond donors (Lipinski definition) is 0. The summed E-state index contributed by atoms with van der Waals surface area (Å²) in [6.07, 6.45) is 1.32. The number of rotatable bonds is 5. The van der Waals surface area contributed by atoms with Crippen LogP contribution < -0.4 is 4.90 Å². The third-order valence-electron chi connectivity index (χ3n) is 5.99. The maximum atomic E-state index is 13.7. The van der Waals surface area contributed by atoms with Crippen molar-refractivity contribution < 1.29 is 18.3 Å². The highest BCUT2D eigenvalue weighted by molar-refractivity contribution is 5.94. The van der Waals surface area contributed by atoms with Crippen LogP contribution in [0.1, 0.15) is 29.3 Å². The van der Waals surface area contributed by atoms with Crippen molar-refractivity contribution >= 4 is 22.8 Å². The highest BCUT2D eigenvalue weighted by atomic mass is 19.1. The molecule has 5 rings (SSSR count). The molecule has 0 bridgehead atoms. The molecule has 2 aromatic heterocycles. The number of anilines is 1. The summed E-state index contributed by atoms with van der Waals surface area (Å²) in [5.41, 5.74) is 5.45. The zero-order valence-corrected chi connectivity index (χ0v) is 18.6. The summed E-state index contributed by atoms with van der Waals surface area (Å²) in [4.78, 5) is 18.3. The summed E-state index contributed by atoms with van der Waals surface area (Å²) in [5.74, 6) is 0.254. The van der Waals surface area contributed by atoms with Crippen LogP contribution in [0.2, 0.25) is 0 Å². The van der Waals surface area contributed by atoms with Crippen LogP contribution >= 0.6 is 0 Å². The zero-order valence-electron chi connectivity index (χ0n) is 18.6. The fourth-order valence-corrected chi connectivity index (χ4v) is 4.30. The average molecular weight is 455 g/mol. The fourth-order valence-electron chi connectivity index (χ4n) is 4.30. The predicted molar refractivity (Wildman–Crippen MR) is 127 cm³/mol. The van der Waals surface area contributed by atoms with E-state index in [1.165, 1.54) is 0 Å². The molecule has 0 aliphatic carbocycles. The topological polar surface area (TPSA) is 79.4 Å². The van der Waals surface area contributed by atoms with E-state index in [1.807, 2.05) is 35.2 Å². The van der Waals surface area contributed by atoms with Crippen LogP contribution in [0.4, 0.5) is 10.1 Å². The van der Waals surface area contributed by atoms with Gasteiger partial charge in [-0.05, 0) is 49.2 Å². The monoisotopic (exact) mass is 455 g/mol. The molecule has 1 saturated heterocycles. The number of furan rings is 1. The molecule has 1 aliphatic heterocycles. The fraction of sp³-hybridized carbons (Fsp3) is 0.222. The van der Waals surface area contributed by atoms with Crippen molar-refractivity contribution in [2.24, 2.45) is 0 Å². The first-order chi connectivity index (χ1) is 16.6. The van der Waals surface area contributed by atoms with Crippen molar-refractivity contribution in [3.63, 3.8) is 0 Å². The van der Waals surface area contributed by atoms with Gasteiger partial charge in [-0.2, -0.15) is 5.26 Å². The molecule has 0 spiro atoms. The standard InChI is InChI=1S/C27H22FN3O3/c1-2-33-27(32)18-5-3-17(4-6-18)25-14-23-26(34-25)22(9-11-30-23)19-7-8-24(20(13-19)15-29)31-12-10-21(28)16-31/h3-9,11,13-14,21H,2,10,12,16H2,1H3/t21-/m1/s1. The number of nitrogens with zero attached hydrogens (tertiary/aromatic N) is 3. The molecule has 3 heterocycles. The number of ether oxygens (including phenoxy) is 1. The quantitative estimate of drug-likeness (QED) is 0.356. The Hall–Kier alpha value is -4.18. The lowest BCUT2D eigenvalue weighted by Crippen LogP contribution is -2.20. The van der Waals surface area contributed by atoms with E-state index in [4.69, 9.17) is 9.15 Å². The normalized spacial score (nSPS) is 15.4. The van der Waals surface area contributed by atoms with Gasteiger partial charge in [0.15, 0.2) is 5.58 Å². The molecule has 0 N–H and O–H groups in total. The van der Waals surface area contributed by atoms with Crippen LogP contribution in [0.15, 0.2) is 65.2 Å². The second kappa shape index (κ2) is 8.99. The van der Waals surface area contributed by atoms with Crippen molar-refractivity contribution in [1.29, 1.82) is 5.26 Å². The Bertz CT molecular complexity index is 1410. The van der Waals surface area contributed by atoms with Gasteiger partial charge in [-0.15, -0.1) is 0 Å². The van der Waals surface area contributed by atoms with Crippen LogP contribution in [-0.2, 0) is 4.74 Å². The van der Waals surface area contributed by atoms with E-state index in [-0.39, 0.29) is 5.97 Å². The number of nitriles is 1.